The summed E-state index contributed by atoms with van der Waals surface area (Å²) in [5.74, 6) is 4.44. The molecule has 0 spiro atoms. The van der Waals surface area contributed by atoms with Crippen molar-refractivity contribution in [3.05, 3.63) is 0 Å². The molecule has 17 heavy (non-hydrogen) atoms. The molecule has 4 aliphatic rings. The van der Waals surface area contributed by atoms with E-state index in [4.69, 9.17) is 0 Å². The van der Waals surface area contributed by atoms with Crippen LogP contribution in [-0.2, 0) is 0 Å². The molecule has 4 saturated carbocycles. The van der Waals surface area contributed by atoms with Crippen molar-refractivity contribution in [1.29, 1.82) is 0 Å². The largest absolute Gasteiger partial charge is 0.0648 e. The molecular weight excluding hydrogens is 204 g/mol. The van der Waals surface area contributed by atoms with Gasteiger partial charge in [0.15, 0.2) is 0 Å². The highest BCUT2D eigenvalue weighted by Crippen LogP contribution is 2.80. The molecule has 4 bridgehead atoms. The zero-order valence-electron chi connectivity index (χ0n) is 12.1. The van der Waals surface area contributed by atoms with Crippen molar-refractivity contribution >= 4 is 0 Å². The minimum absolute atomic E-state index is 0.659. The molecule has 7 atom stereocenters. The quantitative estimate of drug-likeness (QED) is 0.565. The first kappa shape index (κ1) is 10.9. The van der Waals surface area contributed by atoms with Gasteiger partial charge < -0.3 is 0 Å². The van der Waals surface area contributed by atoms with Gasteiger partial charge in [-0.3, -0.25) is 0 Å². The van der Waals surface area contributed by atoms with E-state index in [1.165, 1.54) is 6.42 Å². The van der Waals surface area contributed by atoms with E-state index in [1.54, 1.807) is 32.1 Å². The highest BCUT2D eigenvalue weighted by molar-refractivity contribution is 5.22. The third kappa shape index (κ3) is 0.965. The number of rotatable bonds is 1. The van der Waals surface area contributed by atoms with Gasteiger partial charge in [0.1, 0.15) is 0 Å². The minimum atomic E-state index is 0.659. The van der Waals surface area contributed by atoms with Crippen LogP contribution in [-0.4, -0.2) is 0 Å². The van der Waals surface area contributed by atoms with Crippen LogP contribution in [0.2, 0.25) is 0 Å². The summed E-state index contributed by atoms with van der Waals surface area (Å²) in [6.07, 6.45) is 9.21. The average Bonchev–Trinajstić information content (AvgIpc) is 2.93. The standard InChI is InChI=1S/C17H28/c1-5-16(3)9-12-10-17(16,4)14-13(12)11-6-7-15(14,2)8-11/h11-14H,5-10H2,1-4H3. The Balaban J connectivity index is 1.82. The molecule has 0 aromatic carbocycles. The van der Waals surface area contributed by atoms with Crippen molar-refractivity contribution in [2.75, 3.05) is 0 Å². The predicted molar refractivity (Wildman–Crippen MR) is 71.7 cm³/mol. The van der Waals surface area contributed by atoms with Gasteiger partial charge in [0, 0.05) is 0 Å². The maximum absolute atomic E-state index is 2.67. The fraction of sp³-hybridized carbons (Fsp3) is 1.00. The molecular formula is C17H28. The molecule has 4 rings (SSSR count). The first-order valence-corrected chi connectivity index (χ1v) is 7.94. The second kappa shape index (κ2) is 2.78. The Labute approximate surface area is 107 Å². The third-order valence-corrected chi connectivity index (χ3v) is 8.28. The Bertz CT molecular complexity index is 372. The lowest BCUT2D eigenvalue weighted by Gasteiger charge is -2.54. The second-order valence-corrected chi connectivity index (χ2v) is 8.71. The predicted octanol–water partition coefficient (Wildman–Crippen LogP) is 4.89. The Hall–Kier alpha value is 0. The summed E-state index contributed by atoms with van der Waals surface area (Å²) < 4.78 is 0. The average molecular weight is 232 g/mol. The van der Waals surface area contributed by atoms with Gasteiger partial charge in [-0.15, -0.1) is 0 Å². The molecule has 4 aliphatic carbocycles. The van der Waals surface area contributed by atoms with Crippen LogP contribution < -0.4 is 0 Å². The molecule has 0 aliphatic heterocycles. The monoisotopic (exact) mass is 232 g/mol. The van der Waals surface area contributed by atoms with Crippen LogP contribution in [0, 0.1) is 39.9 Å². The fourth-order valence-corrected chi connectivity index (χ4v) is 7.51. The van der Waals surface area contributed by atoms with E-state index in [0.29, 0.717) is 10.8 Å². The molecule has 0 nitrogen and oxygen atoms in total. The maximum atomic E-state index is 2.67. The molecule has 0 aromatic heterocycles. The van der Waals surface area contributed by atoms with Crippen molar-refractivity contribution in [3.63, 3.8) is 0 Å². The van der Waals surface area contributed by atoms with E-state index in [9.17, 15) is 0 Å². The second-order valence-electron chi connectivity index (χ2n) is 8.71. The molecule has 0 N–H and O–H groups in total. The zero-order valence-corrected chi connectivity index (χ0v) is 12.1. The highest BCUT2D eigenvalue weighted by Gasteiger charge is 2.73. The van der Waals surface area contributed by atoms with Crippen molar-refractivity contribution in [1.82, 2.24) is 0 Å². The van der Waals surface area contributed by atoms with Crippen molar-refractivity contribution in [2.24, 2.45) is 39.9 Å². The normalized spacial score (nSPS) is 67.8. The molecule has 0 radical (unpaired) electrons. The minimum Gasteiger partial charge on any atom is -0.0648 e. The van der Waals surface area contributed by atoms with Gasteiger partial charge >= 0.3 is 0 Å². The molecule has 0 heterocycles. The zero-order chi connectivity index (χ0) is 12.1. The van der Waals surface area contributed by atoms with E-state index in [-0.39, 0.29) is 0 Å². The summed E-state index contributed by atoms with van der Waals surface area (Å²) in [6.45, 7) is 10.4. The van der Waals surface area contributed by atoms with Crippen LogP contribution in [0.5, 0.6) is 0 Å². The first-order chi connectivity index (χ1) is 7.94. The summed E-state index contributed by atoms with van der Waals surface area (Å²) in [5.41, 5.74) is 2.07. The summed E-state index contributed by atoms with van der Waals surface area (Å²) >= 11 is 0. The lowest BCUT2D eigenvalue weighted by Crippen LogP contribution is -2.47. The van der Waals surface area contributed by atoms with Gasteiger partial charge in [-0.1, -0.05) is 34.1 Å². The van der Waals surface area contributed by atoms with Crippen LogP contribution >= 0.6 is 0 Å². The Kier molecular flexibility index (Phi) is 1.78. The fourth-order valence-electron chi connectivity index (χ4n) is 7.51. The van der Waals surface area contributed by atoms with Gasteiger partial charge in [-0.25, -0.2) is 0 Å². The summed E-state index contributed by atoms with van der Waals surface area (Å²) in [6, 6.07) is 0. The van der Waals surface area contributed by atoms with Crippen LogP contribution in [0.1, 0.15) is 66.2 Å². The smallest absolute Gasteiger partial charge is 0.0233 e. The van der Waals surface area contributed by atoms with Gasteiger partial charge in [-0.05, 0) is 72.0 Å². The van der Waals surface area contributed by atoms with E-state index in [1.807, 2.05) is 0 Å². The maximum Gasteiger partial charge on any atom is -0.0233 e. The van der Waals surface area contributed by atoms with Crippen molar-refractivity contribution < 1.29 is 0 Å². The van der Waals surface area contributed by atoms with Gasteiger partial charge in [-0.2, -0.15) is 0 Å². The van der Waals surface area contributed by atoms with Crippen LogP contribution in [0.4, 0.5) is 0 Å². The highest BCUT2D eigenvalue weighted by atomic mass is 14.8. The number of fused-ring (bicyclic) bond motifs is 9. The molecule has 0 saturated heterocycles. The van der Waals surface area contributed by atoms with Crippen LogP contribution in [0.15, 0.2) is 0 Å². The summed E-state index contributed by atoms with van der Waals surface area (Å²) in [4.78, 5) is 0. The third-order valence-electron chi connectivity index (χ3n) is 8.28. The van der Waals surface area contributed by atoms with E-state index >= 15 is 0 Å². The van der Waals surface area contributed by atoms with Gasteiger partial charge in [0.05, 0.1) is 0 Å². The SMILES string of the molecule is CCC1(C)CC2CC1(C)C1C2C2CCC1(C)C2. The number of hydrogen-bond donors (Lipinski definition) is 0. The molecule has 0 amide bonds. The van der Waals surface area contributed by atoms with Crippen LogP contribution in [0.3, 0.4) is 0 Å². The first-order valence-electron chi connectivity index (χ1n) is 7.94. The Morgan fingerprint density at radius 3 is 2.47 bits per heavy atom. The van der Waals surface area contributed by atoms with E-state index < -0.39 is 0 Å². The van der Waals surface area contributed by atoms with Gasteiger partial charge in [0.25, 0.3) is 0 Å². The summed E-state index contributed by atoms with van der Waals surface area (Å²) in [5, 5.41) is 0. The van der Waals surface area contributed by atoms with E-state index in [0.717, 1.165) is 29.1 Å². The van der Waals surface area contributed by atoms with Crippen molar-refractivity contribution in [3.8, 4) is 0 Å². The van der Waals surface area contributed by atoms with Crippen molar-refractivity contribution in [2.45, 2.75) is 66.2 Å². The van der Waals surface area contributed by atoms with Gasteiger partial charge in [0.2, 0.25) is 0 Å². The summed E-state index contributed by atoms with van der Waals surface area (Å²) in [7, 11) is 0. The Morgan fingerprint density at radius 1 is 1.00 bits per heavy atom. The lowest BCUT2D eigenvalue weighted by molar-refractivity contribution is -0.0571. The number of hydrogen-bond acceptors (Lipinski definition) is 0. The van der Waals surface area contributed by atoms with Crippen LogP contribution in [0.25, 0.3) is 0 Å². The molecule has 4 fully saturated rings. The molecule has 0 aromatic rings. The molecule has 7 unspecified atom stereocenters. The molecule has 0 heteroatoms. The molecule has 96 valence electrons. The Morgan fingerprint density at radius 2 is 1.76 bits per heavy atom. The topological polar surface area (TPSA) is 0 Å². The lowest BCUT2D eigenvalue weighted by atomic mass is 9.50. The van der Waals surface area contributed by atoms with E-state index in [2.05, 4.69) is 27.7 Å².